The Hall–Kier alpha value is -1.22. The van der Waals surface area contributed by atoms with Crippen LogP contribution in [0, 0.1) is 6.92 Å². The Bertz CT molecular complexity index is 370. The van der Waals surface area contributed by atoms with Crippen molar-refractivity contribution in [1.29, 1.82) is 0 Å². The molecule has 0 radical (unpaired) electrons. The highest BCUT2D eigenvalue weighted by Crippen LogP contribution is 2.35. The molecular weight excluding hydrogens is 202 g/mol. The lowest BCUT2D eigenvalue weighted by Gasteiger charge is -2.25. The molecule has 1 heterocycles. The zero-order valence-corrected chi connectivity index (χ0v) is 9.92. The van der Waals surface area contributed by atoms with E-state index in [2.05, 4.69) is 5.32 Å². The molecule has 0 bridgehead atoms. The third kappa shape index (κ3) is 2.14. The quantitative estimate of drug-likeness (QED) is 0.806. The van der Waals surface area contributed by atoms with Gasteiger partial charge in [-0.3, -0.25) is 0 Å². The third-order valence-electron chi connectivity index (χ3n) is 3.22. The molecule has 0 saturated carbocycles. The topological polar surface area (TPSA) is 41.5 Å². The van der Waals surface area contributed by atoms with Crippen LogP contribution in [0.5, 0.6) is 11.5 Å². The minimum atomic E-state index is 0.266. The molecular formula is C13H19NO2. The Kier molecular flexibility index (Phi) is 3.34. The van der Waals surface area contributed by atoms with Gasteiger partial charge in [-0.15, -0.1) is 0 Å². The number of benzene rings is 1. The molecule has 3 nitrogen and oxygen atoms in total. The number of aryl methyl sites for hydroxylation is 1. The second-order valence-corrected chi connectivity index (χ2v) is 4.38. The molecule has 3 heteroatoms. The Morgan fingerprint density at radius 2 is 2.19 bits per heavy atom. The summed E-state index contributed by atoms with van der Waals surface area (Å²) in [6, 6.07) is 4.06. The van der Waals surface area contributed by atoms with E-state index in [1.807, 2.05) is 19.1 Å². The SMILES string of the molecule is COc1cc(C)c(O)c(C2CCCCN2)c1. The minimum absolute atomic E-state index is 0.266. The van der Waals surface area contributed by atoms with Gasteiger partial charge in [-0.2, -0.15) is 0 Å². The summed E-state index contributed by atoms with van der Waals surface area (Å²) in [5, 5.41) is 13.5. The van der Waals surface area contributed by atoms with E-state index in [1.54, 1.807) is 7.11 Å². The van der Waals surface area contributed by atoms with E-state index in [0.717, 1.165) is 29.8 Å². The van der Waals surface area contributed by atoms with Crippen molar-refractivity contribution >= 4 is 0 Å². The van der Waals surface area contributed by atoms with E-state index in [4.69, 9.17) is 4.74 Å². The van der Waals surface area contributed by atoms with Crippen molar-refractivity contribution in [2.24, 2.45) is 0 Å². The van der Waals surface area contributed by atoms with Crippen molar-refractivity contribution in [3.8, 4) is 11.5 Å². The van der Waals surface area contributed by atoms with Gasteiger partial charge in [0.25, 0.3) is 0 Å². The Morgan fingerprint density at radius 1 is 1.38 bits per heavy atom. The molecule has 1 unspecified atom stereocenters. The first-order valence-electron chi connectivity index (χ1n) is 5.83. The largest absolute Gasteiger partial charge is 0.507 e. The monoisotopic (exact) mass is 221 g/mol. The average Bonchev–Trinajstić information content (AvgIpc) is 2.33. The first kappa shape index (κ1) is 11.3. The molecule has 1 aliphatic rings. The predicted octanol–water partition coefficient (Wildman–Crippen LogP) is 2.52. The molecule has 0 aliphatic carbocycles. The van der Waals surface area contributed by atoms with Crippen LogP contribution in [0.2, 0.25) is 0 Å². The van der Waals surface area contributed by atoms with Crippen LogP contribution >= 0.6 is 0 Å². The number of piperidine rings is 1. The van der Waals surface area contributed by atoms with Crippen LogP contribution in [0.15, 0.2) is 12.1 Å². The summed E-state index contributed by atoms with van der Waals surface area (Å²) in [7, 11) is 1.66. The fraction of sp³-hybridized carbons (Fsp3) is 0.538. The van der Waals surface area contributed by atoms with Crippen LogP contribution in [0.25, 0.3) is 0 Å². The molecule has 2 N–H and O–H groups in total. The summed E-state index contributed by atoms with van der Waals surface area (Å²) in [4.78, 5) is 0. The normalized spacial score (nSPS) is 20.8. The van der Waals surface area contributed by atoms with Gasteiger partial charge in [0.1, 0.15) is 11.5 Å². The first-order chi connectivity index (χ1) is 7.72. The van der Waals surface area contributed by atoms with E-state index in [9.17, 15) is 5.11 Å². The highest BCUT2D eigenvalue weighted by atomic mass is 16.5. The van der Waals surface area contributed by atoms with Crippen LogP contribution in [-0.2, 0) is 0 Å². The molecule has 2 rings (SSSR count). The van der Waals surface area contributed by atoms with Crippen molar-refractivity contribution in [2.45, 2.75) is 32.2 Å². The molecule has 0 aromatic heterocycles. The van der Waals surface area contributed by atoms with E-state index in [1.165, 1.54) is 12.8 Å². The Balaban J connectivity index is 2.33. The lowest BCUT2D eigenvalue weighted by molar-refractivity contribution is 0.380. The van der Waals surface area contributed by atoms with Gasteiger partial charge in [0.05, 0.1) is 7.11 Å². The molecule has 88 valence electrons. The predicted molar refractivity (Wildman–Crippen MR) is 64.0 cm³/mol. The molecule has 1 aliphatic heterocycles. The number of methoxy groups -OCH3 is 1. The number of hydrogen-bond donors (Lipinski definition) is 2. The summed E-state index contributed by atoms with van der Waals surface area (Å²) < 4.78 is 5.24. The van der Waals surface area contributed by atoms with E-state index >= 15 is 0 Å². The lowest BCUT2D eigenvalue weighted by Crippen LogP contribution is -2.26. The van der Waals surface area contributed by atoms with Gasteiger partial charge >= 0.3 is 0 Å². The maximum absolute atomic E-state index is 10.1. The standard InChI is InChI=1S/C13H19NO2/c1-9-7-10(16-2)8-11(13(9)15)12-5-3-4-6-14-12/h7-8,12,14-15H,3-6H2,1-2H3. The zero-order chi connectivity index (χ0) is 11.5. The maximum atomic E-state index is 10.1. The molecule has 1 aromatic rings. The summed E-state index contributed by atoms with van der Waals surface area (Å²) in [6.45, 7) is 2.94. The fourth-order valence-corrected chi connectivity index (χ4v) is 2.27. The molecule has 1 saturated heterocycles. The third-order valence-corrected chi connectivity index (χ3v) is 3.22. The van der Waals surface area contributed by atoms with Crippen LogP contribution in [0.1, 0.15) is 36.4 Å². The van der Waals surface area contributed by atoms with Gasteiger partial charge in [-0.05, 0) is 44.0 Å². The van der Waals surface area contributed by atoms with E-state index in [-0.39, 0.29) is 6.04 Å². The summed E-state index contributed by atoms with van der Waals surface area (Å²) in [6.07, 6.45) is 3.52. The first-order valence-corrected chi connectivity index (χ1v) is 5.83. The Morgan fingerprint density at radius 3 is 2.81 bits per heavy atom. The number of aromatic hydroxyl groups is 1. The van der Waals surface area contributed by atoms with Crippen molar-refractivity contribution in [3.05, 3.63) is 23.3 Å². The second kappa shape index (κ2) is 4.74. The van der Waals surface area contributed by atoms with Gasteiger partial charge in [0.2, 0.25) is 0 Å². The van der Waals surface area contributed by atoms with Gasteiger partial charge in [0.15, 0.2) is 0 Å². The smallest absolute Gasteiger partial charge is 0.123 e. The highest BCUT2D eigenvalue weighted by Gasteiger charge is 2.19. The molecule has 1 aromatic carbocycles. The number of phenols is 1. The molecule has 0 spiro atoms. The summed E-state index contributed by atoms with van der Waals surface area (Å²) in [5.74, 6) is 1.22. The van der Waals surface area contributed by atoms with Gasteiger partial charge in [-0.25, -0.2) is 0 Å². The van der Waals surface area contributed by atoms with Gasteiger partial charge in [-0.1, -0.05) is 6.42 Å². The maximum Gasteiger partial charge on any atom is 0.123 e. The molecule has 1 fully saturated rings. The fourth-order valence-electron chi connectivity index (χ4n) is 2.27. The Labute approximate surface area is 96.4 Å². The van der Waals surface area contributed by atoms with Crippen LogP contribution < -0.4 is 10.1 Å². The number of ether oxygens (including phenoxy) is 1. The van der Waals surface area contributed by atoms with Crippen molar-refractivity contribution in [1.82, 2.24) is 5.32 Å². The summed E-state index contributed by atoms with van der Waals surface area (Å²) >= 11 is 0. The second-order valence-electron chi connectivity index (χ2n) is 4.38. The molecule has 16 heavy (non-hydrogen) atoms. The van der Waals surface area contributed by atoms with Crippen LogP contribution in [0.4, 0.5) is 0 Å². The average molecular weight is 221 g/mol. The van der Waals surface area contributed by atoms with Gasteiger partial charge in [0, 0.05) is 11.6 Å². The van der Waals surface area contributed by atoms with Gasteiger partial charge < -0.3 is 15.2 Å². The van der Waals surface area contributed by atoms with E-state index in [0.29, 0.717) is 5.75 Å². The number of nitrogens with one attached hydrogen (secondary N) is 1. The molecule has 0 amide bonds. The lowest BCUT2D eigenvalue weighted by atomic mass is 9.95. The molecule has 1 atom stereocenters. The number of hydrogen-bond acceptors (Lipinski definition) is 3. The highest BCUT2D eigenvalue weighted by molar-refractivity contribution is 5.47. The number of phenolic OH excluding ortho intramolecular Hbond substituents is 1. The zero-order valence-electron chi connectivity index (χ0n) is 9.92. The van der Waals surface area contributed by atoms with Crippen LogP contribution in [-0.4, -0.2) is 18.8 Å². The van der Waals surface area contributed by atoms with Crippen LogP contribution in [0.3, 0.4) is 0 Å². The minimum Gasteiger partial charge on any atom is -0.507 e. The summed E-state index contributed by atoms with van der Waals surface area (Å²) in [5.41, 5.74) is 1.85. The van der Waals surface area contributed by atoms with E-state index < -0.39 is 0 Å². The van der Waals surface area contributed by atoms with Crippen molar-refractivity contribution in [2.75, 3.05) is 13.7 Å². The van der Waals surface area contributed by atoms with Crippen molar-refractivity contribution in [3.63, 3.8) is 0 Å². The number of rotatable bonds is 2. The van der Waals surface area contributed by atoms with Crippen molar-refractivity contribution < 1.29 is 9.84 Å².